The van der Waals surface area contributed by atoms with Gasteiger partial charge in [-0.05, 0) is 19.8 Å². The van der Waals surface area contributed by atoms with Crippen molar-refractivity contribution in [3.05, 3.63) is 0 Å². The van der Waals surface area contributed by atoms with E-state index in [2.05, 4.69) is 13.8 Å². The highest BCUT2D eigenvalue weighted by Gasteiger charge is 2.65. The third-order valence-corrected chi connectivity index (χ3v) is 3.26. The molecule has 0 bridgehead atoms. The van der Waals surface area contributed by atoms with Crippen LogP contribution in [-0.2, 0) is 14.3 Å². The molecular formula is C11H20O3. The van der Waals surface area contributed by atoms with E-state index in [4.69, 9.17) is 9.47 Å². The second kappa shape index (κ2) is 3.89. The van der Waals surface area contributed by atoms with Gasteiger partial charge in [0.15, 0.2) is 5.60 Å². The Labute approximate surface area is 85.8 Å². The Morgan fingerprint density at radius 2 is 1.79 bits per heavy atom. The van der Waals surface area contributed by atoms with E-state index < -0.39 is 5.60 Å². The largest absolute Gasteiger partial charge is 0.453 e. The van der Waals surface area contributed by atoms with Crippen LogP contribution < -0.4 is 0 Å². The van der Waals surface area contributed by atoms with Gasteiger partial charge < -0.3 is 9.47 Å². The van der Waals surface area contributed by atoms with Crippen LogP contribution in [-0.4, -0.2) is 24.3 Å². The first kappa shape index (κ1) is 11.5. The van der Waals surface area contributed by atoms with Crippen molar-refractivity contribution in [2.75, 3.05) is 7.11 Å². The molecule has 3 nitrogen and oxygen atoms in total. The number of carbonyl (C=O) groups is 1. The fourth-order valence-corrected chi connectivity index (χ4v) is 2.29. The summed E-state index contributed by atoms with van der Waals surface area (Å²) in [5.74, 6) is -0.220. The highest BCUT2D eigenvalue weighted by Crippen LogP contribution is 2.47. The Hall–Kier alpha value is -0.570. The molecule has 0 saturated carbocycles. The predicted octanol–water partition coefficient (Wildman–Crippen LogP) is 2.29. The Morgan fingerprint density at radius 1 is 1.29 bits per heavy atom. The maximum absolute atomic E-state index is 11.4. The lowest BCUT2D eigenvalue weighted by Gasteiger charge is -2.54. The normalized spacial score (nSPS) is 29.6. The number of methoxy groups -OCH3 is 1. The van der Waals surface area contributed by atoms with E-state index in [1.54, 1.807) is 7.11 Å². The molecule has 1 fully saturated rings. The molecule has 0 N–H and O–H groups in total. The van der Waals surface area contributed by atoms with Gasteiger partial charge in [0, 0.05) is 7.11 Å². The average Bonchev–Trinajstić information content (AvgIpc) is 2.17. The molecule has 1 aliphatic rings. The van der Waals surface area contributed by atoms with E-state index in [0.717, 1.165) is 25.7 Å². The topological polar surface area (TPSA) is 35.5 Å². The van der Waals surface area contributed by atoms with E-state index in [0.29, 0.717) is 0 Å². The Morgan fingerprint density at radius 3 is 2.07 bits per heavy atom. The second-order valence-electron chi connectivity index (χ2n) is 4.12. The zero-order valence-electron chi connectivity index (χ0n) is 9.55. The minimum Gasteiger partial charge on any atom is -0.453 e. The Balaban J connectivity index is 2.84. The van der Waals surface area contributed by atoms with Gasteiger partial charge in [-0.2, -0.15) is 0 Å². The fourth-order valence-electron chi connectivity index (χ4n) is 2.29. The highest BCUT2D eigenvalue weighted by atomic mass is 16.7. The maximum Gasteiger partial charge on any atom is 0.343 e. The monoisotopic (exact) mass is 200 g/mol. The first-order chi connectivity index (χ1) is 6.56. The summed E-state index contributed by atoms with van der Waals surface area (Å²) in [5.41, 5.74) is -1.10. The summed E-state index contributed by atoms with van der Waals surface area (Å²) in [6.45, 7) is 6.03. The van der Waals surface area contributed by atoms with E-state index in [1.165, 1.54) is 0 Å². The standard InChI is InChI=1S/C11H20O3/c1-5-7-11(8-6-2)10(3,13-4)9(12)14-11/h5-8H2,1-4H3. The summed E-state index contributed by atoms with van der Waals surface area (Å²) in [5, 5.41) is 0. The van der Waals surface area contributed by atoms with Crippen molar-refractivity contribution in [1.82, 2.24) is 0 Å². The summed E-state index contributed by atoms with van der Waals surface area (Å²) in [7, 11) is 1.58. The van der Waals surface area contributed by atoms with E-state index in [9.17, 15) is 4.79 Å². The van der Waals surface area contributed by atoms with Crippen molar-refractivity contribution in [3.63, 3.8) is 0 Å². The summed E-state index contributed by atoms with van der Waals surface area (Å²) in [4.78, 5) is 11.4. The minimum absolute atomic E-state index is 0.220. The lowest BCUT2D eigenvalue weighted by molar-refractivity contribution is -0.274. The molecule has 1 unspecified atom stereocenters. The summed E-state index contributed by atoms with van der Waals surface area (Å²) in [6, 6.07) is 0. The van der Waals surface area contributed by atoms with E-state index in [-0.39, 0.29) is 11.6 Å². The molecule has 1 saturated heterocycles. The first-order valence-corrected chi connectivity index (χ1v) is 5.35. The lowest BCUT2D eigenvalue weighted by Crippen LogP contribution is -2.71. The van der Waals surface area contributed by atoms with Crippen molar-refractivity contribution in [3.8, 4) is 0 Å². The molecule has 0 spiro atoms. The van der Waals surface area contributed by atoms with Crippen LogP contribution in [0.3, 0.4) is 0 Å². The van der Waals surface area contributed by atoms with Crippen LogP contribution in [0.5, 0.6) is 0 Å². The van der Waals surface area contributed by atoms with Crippen molar-refractivity contribution in [1.29, 1.82) is 0 Å². The molecule has 0 aromatic heterocycles. The third-order valence-electron chi connectivity index (χ3n) is 3.26. The summed E-state index contributed by atoms with van der Waals surface area (Å²) in [6.07, 6.45) is 3.78. The number of carbonyl (C=O) groups excluding carboxylic acids is 1. The van der Waals surface area contributed by atoms with Gasteiger partial charge in [-0.1, -0.05) is 26.7 Å². The van der Waals surface area contributed by atoms with E-state index in [1.807, 2.05) is 6.92 Å². The van der Waals surface area contributed by atoms with E-state index >= 15 is 0 Å². The molecule has 3 heteroatoms. The highest BCUT2D eigenvalue weighted by molar-refractivity contribution is 5.87. The number of rotatable bonds is 5. The van der Waals surface area contributed by atoms with Crippen LogP contribution in [0.1, 0.15) is 46.5 Å². The van der Waals surface area contributed by atoms with Crippen molar-refractivity contribution < 1.29 is 14.3 Å². The Bertz CT molecular complexity index is 219. The van der Waals surface area contributed by atoms with Gasteiger partial charge in [0.2, 0.25) is 5.60 Å². The molecule has 14 heavy (non-hydrogen) atoms. The van der Waals surface area contributed by atoms with Gasteiger partial charge >= 0.3 is 5.97 Å². The molecule has 1 heterocycles. The van der Waals surface area contributed by atoms with Crippen LogP contribution in [0.2, 0.25) is 0 Å². The molecule has 1 atom stereocenters. The molecule has 0 amide bonds. The molecule has 1 rings (SSSR count). The van der Waals surface area contributed by atoms with Gasteiger partial charge in [0.25, 0.3) is 0 Å². The average molecular weight is 200 g/mol. The molecular weight excluding hydrogens is 180 g/mol. The summed E-state index contributed by atoms with van der Waals surface area (Å²) < 4.78 is 10.7. The van der Waals surface area contributed by atoms with Gasteiger partial charge in [0.1, 0.15) is 0 Å². The van der Waals surface area contributed by atoms with Crippen LogP contribution in [0.4, 0.5) is 0 Å². The van der Waals surface area contributed by atoms with Crippen molar-refractivity contribution in [2.24, 2.45) is 0 Å². The smallest absolute Gasteiger partial charge is 0.343 e. The van der Waals surface area contributed by atoms with Crippen molar-refractivity contribution in [2.45, 2.75) is 57.7 Å². The first-order valence-electron chi connectivity index (χ1n) is 5.35. The van der Waals surface area contributed by atoms with Gasteiger partial charge in [0.05, 0.1) is 0 Å². The van der Waals surface area contributed by atoms with Crippen LogP contribution in [0.25, 0.3) is 0 Å². The second-order valence-corrected chi connectivity index (χ2v) is 4.12. The maximum atomic E-state index is 11.4. The molecule has 0 aromatic carbocycles. The van der Waals surface area contributed by atoms with Crippen LogP contribution >= 0.6 is 0 Å². The van der Waals surface area contributed by atoms with Crippen LogP contribution in [0.15, 0.2) is 0 Å². The zero-order valence-corrected chi connectivity index (χ0v) is 9.55. The number of ether oxygens (including phenoxy) is 2. The number of hydrogen-bond donors (Lipinski definition) is 0. The molecule has 82 valence electrons. The SMILES string of the molecule is CCCC1(CCC)OC(=O)C1(C)OC. The predicted molar refractivity (Wildman–Crippen MR) is 54.1 cm³/mol. The van der Waals surface area contributed by atoms with Gasteiger partial charge in [-0.3, -0.25) is 0 Å². The quantitative estimate of drug-likeness (QED) is 0.639. The number of cyclic esters (lactones) is 1. The zero-order chi connectivity index (χ0) is 10.8. The van der Waals surface area contributed by atoms with Gasteiger partial charge in [-0.15, -0.1) is 0 Å². The molecule has 1 aliphatic heterocycles. The molecule has 0 aromatic rings. The van der Waals surface area contributed by atoms with Crippen molar-refractivity contribution >= 4 is 5.97 Å². The van der Waals surface area contributed by atoms with Gasteiger partial charge in [-0.25, -0.2) is 4.79 Å². The van der Waals surface area contributed by atoms with Crippen LogP contribution in [0, 0.1) is 0 Å². The molecule has 0 aliphatic carbocycles. The minimum atomic E-state index is -0.723. The summed E-state index contributed by atoms with van der Waals surface area (Å²) >= 11 is 0. The Kier molecular flexibility index (Phi) is 3.20. The fraction of sp³-hybridized carbons (Fsp3) is 0.909. The number of hydrogen-bond acceptors (Lipinski definition) is 3. The lowest BCUT2D eigenvalue weighted by atomic mass is 9.72. The number of esters is 1. The third kappa shape index (κ3) is 1.34. The molecule has 0 radical (unpaired) electrons.